The second kappa shape index (κ2) is 8.33. The monoisotopic (exact) mass is 388 g/mol. The highest BCUT2D eigenvalue weighted by Gasteiger charge is 2.32. The average Bonchev–Trinajstić information content (AvgIpc) is 2.61. The van der Waals surface area contributed by atoms with Gasteiger partial charge in [-0.1, -0.05) is 26.0 Å². The van der Waals surface area contributed by atoms with Crippen molar-refractivity contribution < 1.29 is 22.0 Å². The number of alkyl halides is 2. The fourth-order valence-electron chi connectivity index (χ4n) is 2.95. The number of carbonyl (C=O) groups excluding carboxylic acids is 1. The van der Waals surface area contributed by atoms with E-state index in [1.54, 1.807) is 11.0 Å². The summed E-state index contributed by atoms with van der Waals surface area (Å²) >= 11 is 0. The highest BCUT2D eigenvalue weighted by atomic mass is 32.2. The maximum absolute atomic E-state index is 12.9. The van der Waals surface area contributed by atoms with Crippen molar-refractivity contribution in [1.29, 1.82) is 0 Å². The highest BCUT2D eigenvalue weighted by Crippen LogP contribution is 2.32. The molecule has 1 heterocycles. The molecule has 0 aliphatic carbocycles. The standard InChI is InChI=1S/C18H26F2N2O3S/c1-12(2)13(3)21-17(23)14-8-10-22(11-9-14)15-6-4-5-7-16(15)26(24,25)18(19)20/h4-7,12-14,18H,8-11H2,1-3H3,(H,21,23). The van der Waals surface area contributed by atoms with E-state index in [0.717, 1.165) is 0 Å². The van der Waals surface area contributed by atoms with Crippen LogP contribution in [-0.4, -0.2) is 39.2 Å². The Bertz CT molecular complexity index is 730. The van der Waals surface area contributed by atoms with Crippen molar-refractivity contribution in [3.05, 3.63) is 24.3 Å². The summed E-state index contributed by atoms with van der Waals surface area (Å²) in [5.41, 5.74) is 0.280. The van der Waals surface area contributed by atoms with Gasteiger partial charge in [0, 0.05) is 25.0 Å². The summed E-state index contributed by atoms with van der Waals surface area (Å²) in [7, 11) is -4.67. The van der Waals surface area contributed by atoms with E-state index in [9.17, 15) is 22.0 Å². The summed E-state index contributed by atoms with van der Waals surface area (Å²) < 4.78 is 49.7. The van der Waals surface area contributed by atoms with Gasteiger partial charge < -0.3 is 10.2 Å². The molecule has 1 unspecified atom stereocenters. The number of anilines is 1. The minimum absolute atomic E-state index is 0.000614. The summed E-state index contributed by atoms with van der Waals surface area (Å²) in [6.45, 7) is 6.93. The molecule has 8 heteroatoms. The van der Waals surface area contributed by atoms with Gasteiger partial charge in [0.1, 0.15) is 0 Å². The number of nitrogens with zero attached hydrogens (tertiary/aromatic N) is 1. The number of carbonyl (C=O) groups is 1. The van der Waals surface area contributed by atoms with Gasteiger partial charge in [0.15, 0.2) is 0 Å². The molecule has 0 aromatic heterocycles. The lowest BCUT2D eigenvalue weighted by atomic mass is 9.94. The first kappa shape index (κ1) is 20.6. The molecular weight excluding hydrogens is 362 g/mol. The minimum atomic E-state index is -4.67. The lowest BCUT2D eigenvalue weighted by molar-refractivity contribution is -0.126. The Hall–Kier alpha value is -1.70. The summed E-state index contributed by atoms with van der Waals surface area (Å²) in [6, 6.07) is 5.89. The van der Waals surface area contributed by atoms with Crippen LogP contribution in [0.25, 0.3) is 0 Å². The molecule has 0 saturated carbocycles. The van der Waals surface area contributed by atoms with Gasteiger partial charge in [-0.2, -0.15) is 8.78 Å². The van der Waals surface area contributed by atoms with Gasteiger partial charge in [-0.3, -0.25) is 4.79 Å². The smallest absolute Gasteiger partial charge is 0.341 e. The van der Waals surface area contributed by atoms with E-state index >= 15 is 0 Å². The van der Waals surface area contributed by atoms with E-state index in [4.69, 9.17) is 0 Å². The number of hydrogen-bond acceptors (Lipinski definition) is 4. The van der Waals surface area contributed by atoms with Crippen LogP contribution in [0.2, 0.25) is 0 Å². The van der Waals surface area contributed by atoms with Crippen LogP contribution in [-0.2, 0) is 14.6 Å². The Morgan fingerprint density at radius 1 is 1.15 bits per heavy atom. The van der Waals surface area contributed by atoms with Crippen LogP contribution < -0.4 is 10.2 Å². The minimum Gasteiger partial charge on any atom is -0.370 e. The van der Waals surface area contributed by atoms with Crippen LogP contribution in [0.4, 0.5) is 14.5 Å². The fourth-order valence-corrected chi connectivity index (χ4v) is 3.90. The molecule has 1 aliphatic heterocycles. The first-order valence-electron chi connectivity index (χ1n) is 8.81. The van der Waals surface area contributed by atoms with Gasteiger partial charge in [0.25, 0.3) is 0 Å². The van der Waals surface area contributed by atoms with Crippen molar-refractivity contribution in [2.75, 3.05) is 18.0 Å². The lowest BCUT2D eigenvalue weighted by Crippen LogP contribution is -2.44. The second-order valence-corrected chi connectivity index (χ2v) is 8.96. The first-order chi connectivity index (χ1) is 12.1. The van der Waals surface area contributed by atoms with E-state index < -0.39 is 15.6 Å². The normalized spacial score (nSPS) is 17.6. The topological polar surface area (TPSA) is 66.5 Å². The van der Waals surface area contributed by atoms with Gasteiger partial charge in [0.05, 0.1) is 10.6 Å². The summed E-state index contributed by atoms with van der Waals surface area (Å²) in [4.78, 5) is 13.8. The Kier molecular flexibility index (Phi) is 6.60. The fraction of sp³-hybridized carbons (Fsp3) is 0.611. The molecular formula is C18H26F2N2O3S. The van der Waals surface area contributed by atoms with Crippen LogP contribution in [0.5, 0.6) is 0 Å². The Morgan fingerprint density at radius 3 is 2.27 bits per heavy atom. The van der Waals surface area contributed by atoms with E-state index in [1.807, 2.05) is 20.8 Å². The molecule has 0 radical (unpaired) electrons. The molecule has 1 fully saturated rings. The number of hydrogen-bond donors (Lipinski definition) is 1. The molecule has 1 aliphatic rings. The molecule has 1 amide bonds. The van der Waals surface area contributed by atoms with E-state index in [1.165, 1.54) is 18.2 Å². The third kappa shape index (κ3) is 4.52. The van der Waals surface area contributed by atoms with Crippen molar-refractivity contribution in [3.8, 4) is 0 Å². The van der Waals surface area contributed by atoms with Gasteiger partial charge in [0.2, 0.25) is 15.7 Å². The largest absolute Gasteiger partial charge is 0.370 e. The maximum atomic E-state index is 12.9. The van der Waals surface area contributed by atoms with E-state index in [0.29, 0.717) is 31.8 Å². The average molecular weight is 388 g/mol. The summed E-state index contributed by atoms with van der Waals surface area (Å²) in [5.74, 6) is -3.26. The van der Waals surface area contributed by atoms with Crippen LogP contribution in [0, 0.1) is 11.8 Å². The van der Waals surface area contributed by atoms with Crippen molar-refractivity contribution >= 4 is 21.4 Å². The van der Waals surface area contributed by atoms with E-state index in [2.05, 4.69) is 5.32 Å². The molecule has 2 rings (SSSR count). The third-order valence-corrected chi connectivity index (χ3v) is 6.41. The molecule has 0 spiro atoms. The van der Waals surface area contributed by atoms with Gasteiger partial charge in [-0.15, -0.1) is 0 Å². The van der Waals surface area contributed by atoms with Gasteiger partial charge >= 0.3 is 5.76 Å². The Balaban J connectivity index is 2.09. The summed E-state index contributed by atoms with van der Waals surface area (Å²) in [6.07, 6.45) is 1.11. The second-order valence-electron chi connectivity index (χ2n) is 7.08. The van der Waals surface area contributed by atoms with Crippen LogP contribution >= 0.6 is 0 Å². The van der Waals surface area contributed by atoms with Gasteiger partial charge in [-0.05, 0) is 37.8 Å². The predicted octanol–water partition coefficient (Wildman–Crippen LogP) is 3.06. The first-order valence-corrected chi connectivity index (χ1v) is 10.4. The number of amides is 1. The molecule has 1 aromatic carbocycles. The molecule has 1 N–H and O–H groups in total. The number of para-hydroxylation sites is 1. The zero-order valence-electron chi connectivity index (χ0n) is 15.3. The Morgan fingerprint density at radius 2 is 1.73 bits per heavy atom. The zero-order valence-corrected chi connectivity index (χ0v) is 16.1. The number of nitrogens with one attached hydrogen (secondary N) is 1. The molecule has 1 atom stereocenters. The number of benzene rings is 1. The molecule has 1 saturated heterocycles. The molecule has 26 heavy (non-hydrogen) atoms. The maximum Gasteiger partial charge on any atom is 0.341 e. The summed E-state index contributed by atoms with van der Waals surface area (Å²) in [5, 5.41) is 3.00. The molecule has 146 valence electrons. The van der Waals surface area contributed by atoms with Crippen molar-refractivity contribution in [3.63, 3.8) is 0 Å². The SMILES string of the molecule is CC(C)C(C)NC(=O)C1CCN(c2ccccc2S(=O)(=O)C(F)F)CC1. The lowest BCUT2D eigenvalue weighted by Gasteiger charge is -2.34. The van der Waals surface area contributed by atoms with Crippen molar-refractivity contribution in [1.82, 2.24) is 5.32 Å². The third-order valence-electron chi connectivity index (χ3n) is 4.98. The van der Waals surface area contributed by atoms with E-state index in [-0.39, 0.29) is 28.4 Å². The number of piperidine rings is 1. The zero-order chi connectivity index (χ0) is 19.5. The highest BCUT2D eigenvalue weighted by molar-refractivity contribution is 7.91. The van der Waals surface area contributed by atoms with Crippen LogP contribution in [0.3, 0.4) is 0 Å². The van der Waals surface area contributed by atoms with Crippen LogP contribution in [0.1, 0.15) is 33.6 Å². The van der Waals surface area contributed by atoms with Gasteiger partial charge in [-0.25, -0.2) is 8.42 Å². The quantitative estimate of drug-likeness (QED) is 0.813. The molecule has 1 aromatic rings. The number of rotatable bonds is 6. The predicted molar refractivity (Wildman–Crippen MR) is 97.0 cm³/mol. The van der Waals surface area contributed by atoms with Crippen molar-refractivity contribution in [2.45, 2.75) is 50.3 Å². The Labute approximate surface area is 153 Å². The molecule has 0 bridgehead atoms. The van der Waals surface area contributed by atoms with Crippen LogP contribution in [0.15, 0.2) is 29.2 Å². The number of sulfone groups is 1. The molecule has 5 nitrogen and oxygen atoms in total. The number of halogens is 2. The van der Waals surface area contributed by atoms with Crippen molar-refractivity contribution in [2.24, 2.45) is 11.8 Å².